The van der Waals surface area contributed by atoms with Gasteiger partial charge in [-0.05, 0) is 35.4 Å². The van der Waals surface area contributed by atoms with Gasteiger partial charge in [0.05, 0.1) is 0 Å². The van der Waals surface area contributed by atoms with Gasteiger partial charge in [0, 0.05) is 6.42 Å². The van der Waals surface area contributed by atoms with E-state index in [0.29, 0.717) is 12.8 Å². The van der Waals surface area contributed by atoms with E-state index in [4.69, 9.17) is 5.11 Å². The van der Waals surface area contributed by atoms with Crippen LogP contribution in [0.4, 0.5) is 0 Å². The topological polar surface area (TPSA) is 57.5 Å². The van der Waals surface area contributed by atoms with Crippen molar-refractivity contribution in [2.24, 2.45) is 0 Å². The van der Waals surface area contributed by atoms with Crippen molar-refractivity contribution < 1.29 is 15.0 Å². The number of carbonyl (C=O) groups is 1. The monoisotopic (exact) mass is 236 g/mol. The first-order chi connectivity index (χ1) is 7.80. The Morgan fingerprint density at radius 3 is 2.47 bits per heavy atom. The standard InChI is InChI=1S/C14H20O3/c1-14(2,3)11-7-8-12(15)10(9-11)5-4-6-13(16)17/h7-9,15H,4-6H2,1-3H3,(H,16,17). The van der Waals surface area contributed by atoms with E-state index in [0.717, 1.165) is 11.1 Å². The summed E-state index contributed by atoms with van der Waals surface area (Å²) in [5.74, 6) is -0.542. The number of phenolic OH excluding ortho intramolecular Hbond substituents is 1. The summed E-state index contributed by atoms with van der Waals surface area (Å²) in [5, 5.41) is 18.3. The average molecular weight is 236 g/mol. The van der Waals surface area contributed by atoms with Crippen molar-refractivity contribution in [1.29, 1.82) is 0 Å². The zero-order valence-corrected chi connectivity index (χ0v) is 10.7. The van der Waals surface area contributed by atoms with Crippen LogP contribution in [0.1, 0.15) is 44.7 Å². The van der Waals surface area contributed by atoms with Crippen molar-refractivity contribution in [1.82, 2.24) is 0 Å². The summed E-state index contributed by atoms with van der Waals surface area (Å²) in [5.41, 5.74) is 2.02. The van der Waals surface area contributed by atoms with Crippen molar-refractivity contribution >= 4 is 5.97 Å². The molecule has 17 heavy (non-hydrogen) atoms. The van der Waals surface area contributed by atoms with Crippen LogP contribution < -0.4 is 0 Å². The van der Waals surface area contributed by atoms with E-state index >= 15 is 0 Å². The van der Waals surface area contributed by atoms with Crippen LogP contribution in [0.3, 0.4) is 0 Å². The lowest BCUT2D eigenvalue weighted by atomic mass is 9.85. The van der Waals surface area contributed by atoms with Gasteiger partial charge in [0.15, 0.2) is 0 Å². The maximum atomic E-state index is 10.4. The van der Waals surface area contributed by atoms with Gasteiger partial charge in [0.25, 0.3) is 0 Å². The minimum absolute atomic E-state index is 0.0370. The second-order valence-electron chi connectivity index (χ2n) is 5.34. The van der Waals surface area contributed by atoms with Crippen molar-refractivity contribution in [3.8, 4) is 5.75 Å². The highest BCUT2D eigenvalue weighted by atomic mass is 16.4. The number of carboxylic acid groups (broad SMARTS) is 1. The largest absolute Gasteiger partial charge is 0.508 e. The fourth-order valence-corrected chi connectivity index (χ4v) is 1.68. The Kier molecular flexibility index (Phi) is 4.16. The third-order valence-electron chi connectivity index (χ3n) is 2.78. The maximum absolute atomic E-state index is 10.4. The molecule has 0 aromatic heterocycles. The third kappa shape index (κ3) is 4.10. The third-order valence-corrected chi connectivity index (χ3v) is 2.78. The Bertz CT molecular complexity index is 402. The summed E-state index contributed by atoms with van der Waals surface area (Å²) in [7, 11) is 0. The summed E-state index contributed by atoms with van der Waals surface area (Å²) in [6, 6.07) is 5.57. The SMILES string of the molecule is CC(C)(C)c1ccc(O)c(CCCC(=O)O)c1. The molecule has 1 aromatic rings. The molecule has 94 valence electrons. The number of phenols is 1. The number of aryl methyl sites for hydroxylation is 1. The molecule has 3 nitrogen and oxygen atoms in total. The molecule has 0 aliphatic carbocycles. The average Bonchev–Trinajstić information content (AvgIpc) is 2.18. The molecule has 0 saturated carbocycles. The highest BCUT2D eigenvalue weighted by molar-refractivity contribution is 5.66. The van der Waals surface area contributed by atoms with Crippen molar-refractivity contribution in [3.05, 3.63) is 29.3 Å². The molecule has 2 N–H and O–H groups in total. The predicted octanol–water partition coefficient (Wildman–Crippen LogP) is 3.10. The first kappa shape index (κ1) is 13.6. The smallest absolute Gasteiger partial charge is 0.303 e. The van der Waals surface area contributed by atoms with E-state index in [9.17, 15) is 9.90 Å². The Morgan fingerprint density at radius 2 is 1.94 bits per heavy atom. The van der Waals surface area contributed by atoms with Gasteiger partial charge in [-0.3, -0.25) is 4.79 Å². The molecule has 0 aliphatic heterocycles. The Morgan fingerprint density at radius 1 is 1.29 bits per heavy atom. The van der Waals surface area contributed by atoms with Gasteiger partial charge < -0.3 is 10.2 Å². The molecule has 0 amide bonds. The van der Waals surface area contributed by atoms with Crippen LogP contribution in [0.25, 0.3) is 0 Å². The first-order valence-corrected chi connectivity index (χ1v) is 5.85. The molecular formula is C14H20O3. The van der Waals surface area contributed by atoms with Crippen molar-refractivity contribution in [2.45, 2.75) is 45.4 Å². The predicted molar refractivity (Wildman–Crippen MR) is 67.4 cm³/mol. The lowest BCUT2D eigenvalue weighted by Crippen LogP contribution is -2.11. The quantitative estimate of drug-likeness (QED) is 0.844. The minimum Gasteiger partial charge on any atom is -0.508 e. The molecule has 3 heteroatoms. The molecule has 0 heterocycles. The molecule has 0 atom stereocenters. The van der Waals surface area contributed by atoms with E-state index in [1.165, 1.54) is 0 Å². The molecule has 1 rings (SSSR count). The fraction of sp³-hybridized carbons (Fsp3) is 0.500. The van der Waals surface area contributed by atoms with E-state index in [2.05, 4.69) is 20.8 Å². The highest BCUT2D eigenvalue weighted by Crippen LogP contribution is 2.28. The van der Waals surface area contributed by atoms with Gasteiger partial charge in [0.1, 0.15) is 5.75 Å². The Labute approximate surface area is 102 Å². The lowest BCUT2D eigenvalue weighted by Gasteiger charge is -2.20. The highest BCUT2D eigenvalue weighted by Gasteiger charge is 2.15. The zero-order valence-electron chi connectivity index (χ0n) is 10.7. The van der Waals surface area contributed by atoms with E-state index in [-0.39, 0.29) is 17.6 Å². The molecule has 0 aliphatic rings. The normalized spacial score (nSPS) is 11.5. The van der Waals surface area contributed by atoms with E-state index < -0.39 is 5.97 Å². The fourth-order valence-electron chi connectivity index (χ4n) is 1.68. The van der Waals surface area contributed by atoms with Crippen LogP contribution >= 0.6 is 0 Å². The van der Waals surface area contributed by atoms with E-state index in [1.807, 2.05) is 12.1 Å². The van der Waals surface area contributed by atoms with Crippen LogP contribution in [0.5, 0.6) is 5.75 Å². The Hall–Kier alpha value is -1.51. The summed E-state index contributed by atoms with van der Waals surface area (Å²) in [6.45, 7) is 6.33. The number of rotatable bonds is 4. The van der Waals surface area contributed by atoms with Gasteiger partial charge in [-0.2, -0.15) is 0 Å². The van der Waals surface area contributed by atoms with Crippen LogP contribution in [0.2, 0.25) is 0 Å². The van der Waals surface area contributed by atoms with Crippen LogP contribution in [-0.4, -0.2) is 16.2 Å². The van der Waals surface area contributed by atoms with Gasteiger partial charge in [-0.15, -0.1) is 0 Å². The van der Waals surface area contributed by atoms with Gasteiger partial charge >= 0.3 is 5.97 Å². The van der Waals surface area contributed by atoms with Gasteiger partial charge in [-0.1, -0.05) is 32.9 Å². The summed E-state index contributed by atoms with van der Waals surface area (Å²) in [6.07, 6.45) is 1.29. The maximum Gasteiger partial charge on any atom is 0.303 e. The number of carboxylic acids is 1. The van der Waals surface area contributed by atoms with Crippen LogP contribution in [0, 0.1) is 0 Å². The molecule has 0 radical (unpaired) electrons. The molecule has 0 spiro atoms. The molecule has 0 fully saturated rings. The molecule has 1 aromatic carbocycles. The first-order valence-electron chi connectivity index (χ1n) is 5.85. The van der Waals surface area contributed by atoms with Crippen LogP contribution in [0.15, 0.2) is 18.2 Å². The summed E-state index contributed by atoms with van der Waals surface area (Å²) >= 11 is 0. The molecule has 0 unspecified atom stereocenters. The van der Waals surface area contributed by atoms with Gasteiger partial charge in [0.2, 0.25) is 0 Å². The number of aromatic hydroxyl groups is 1. The lowest BCUT2D eigenvalue weighted by molar-refractivity contribution is -0.137. The van der Waals surface area contributed by atoms with Crippen molar-refractivity contribution in [3.63, 3.8) is 0 Å². The molecule has 0 bridgehead atoms. The minimum atomic E-state index is -0.795. The second-order valence-corrected chi connectivity index (χ2v) is 5.34. The number of hydrogen-bond acceptors (Lipinski definition) is 2. The molecule has 0 saturated heterocycles. The second kappa shape index (κ2) is 5.21. The zero-order chi connectivity index (χ0) is 13.1. The summed E-state index contributed by atoms with van der Waals surface area (Å²) < 4.78 is 0. The number of benzene rings is 1. The number of aliphatic carboxylic acids is 1. The van der Waals surface area contributed by atoms with Gasteiger partial charge in [-0.25, -0.2) is 0 Å². The van der Waals surface area contributed by atoms with E-state index in [1.54, 1.807) is 6.07 Å². The Balaban J connectivity index is 2.80. The molecular weight excluding hydrogens is 216 g/mol. The number of hydrogen-bond donors (Lipinski definition) is 2. The van der Waals surface area contributed by atoms with Crippen molar-refractivity contribution in [2.75, 3.05) is 0 Å². The summed E-state index contributed by atoms with van der Waals surface area (Å²) in [4.78, 5) is 10.4. The van der Waals surface area contributed by atoms with Crippen LogP contribution in [-0.2, 0) is 16.6 Å².